The minimum Gasteiger partial charge on any atom is -0.388 e. The van der Waals surface area contributed by atoms with Crippen LogP contribution in [0.2, 0.25) is 5.02 Å². The van der Waals surface area contributed by atoms with Gasteiger partial charge in [0.15, 0.2) is 11.6 Å². The number of amides is 1. The Morgan fingerprint density at radius 1 is 1.28 bits per heavy atom. The quantitative estimate of drug-likeness (QED) is 0.178. The van der Waals surface area contributed by atoms with Crippen LogP contribution in [0, 0.1) is 24.2 Å². The summed E-state index contributed by atoms with van der Waals surface area (Å²) in [4.78, 5) is 29.3. The third-order valence-corrected chi connectivity index (χ3v) is 8.09. The highest BCUT2D eigenvalue weighted by molar-refractivity contribution is 6.30. The monoisotopic (exact) mass is 609 g/mol. The van der Waals surface area contributed by atoms with Crippen molar-refractivity contribution in [2.45, 2.75) is 38.6 Å². The molecule has 5 rings (SSSR count). The number of nitrogen functional groups attached to an aromatic ring is 1. The number of morpholine rings is 1. The molecule has 0 bridgehead atoms. The number of primary amides is 1. The minimum atomic E-state index is -1.15. The summed E-state index contributed by atoms with van der Waals surface area (Å²) in [6, 6.07) is 6.92. The van der Waals surface area contributed by atoms with Crippen LogP contribution in [0.25, 0.3) is 11.3 Å². The van der Waals surface area contributed by atoms with E-state index in [1.165, 1.54) is 0 Å². The number of halogens is 1. The van der Waals surface area contributed by atoms with Crippen LogP contribution in [0.5, 0.6) is 0 Å². The molecule has 43 heavy (non-hydrogen) atoms. The molecule has 2 aromatic heterocycles. The van der Waals surface area contributed by atoms with Gasteiger partial charge in [-0.05, 0) is 56.6 Å². The summed E-state index contributed by atoms with van der Waals surface area (Å²) in [6.45, 7) is 8.43. The lowest BCUT2D eigenvalue weighted by atomic mass is 9.82. The van der Waals surface area contributed by atoms with Crippen molar-refractivity contribution < 1.29 is 18.8 Å². The predicted molar refractivity (Wildman–Crippen MR) is 162 cm³/mol. The number of nitrogens with two attached hydrogens (primary N) is 2. The summed E-state index contributed by atoms with van der Waals surface area (Å²) >= 11 is 6.40. The average molecular weight is 610 g/mol. The Morgan fingerprint density at radius 2 is 2.07 bits per heavy atom. The second kappa shape index (κ2) is 13.5. The lowest BCUT2D eigenvalue weighted by molar-refractivity contribution is -0.0200. The maximum absolute atomic E-state index is 11.4. The highest BCUT2D eigenvalue weighted by Crippen LogP contribution is 2.38. The van der Waals surface area contributed by atoms with Gasteiger partial charge in [0.2, 0.25) is 11.7 Å². The van der Waals surface area contributed by atoms with Crippen LogP contribution in [-0.4, -0.2) is 70.0 Å². The van der Waals surface area contributed by atoms with Gasteiger partial charge in [-0.25, -0.2) is 14.8 Å². The Hall–Kier alpha value is -4.07. The van der Waals surface area contributed by atoms with E-state index >= 15 is 0 Å². The van der Waals surface area contributed by atoms with Gasteiger partial charge in [0, 0.05) is 23.7 Å². The molecule has 1 saturated carbocycles. The molecule has 3 heterocycles. The number of ether oxygens (including phenoxy) is 2. The van der Waals surface area contributed by atoms with Gasteiger partial charge in [0.05, 0.1) is 19.9 Å². The topological polar surface area (TPSA) is 183 Å². The number of aryl methyl sites for hydroxylation is 1. The fourth-order valence-electron chi connectivity index (χ4n) is 5.71. The van der Waals surface area contributed by atoms with Gasteiger partial charge in [-0.1, -0.05) is 35.0 Å². The van der Waals surface area contributed by atoms with E-state index in [1.807, 2.05) is 18.2 Å². The van der Waals surface area contributed by atoms with Gasteiger partial charge in [0.1, 0.15) is 17.4 Å². The number of hydrogen-bond donors (Lipinski definition) is 3. The molecule has 2 fully saturated rings. The molecule has 1 amide bonds. The van der Waals surface area contributed by atoms with Crippen molar-refractivity contribution in [3.8, 4) is 11.3 Å². The van der Waals surface area contributed by atoms with E-state index in [0.29, 0.717) is 78.5 Å². The Labute approximate surface area is 254 Å². The standard InChI is InChI=1S/C29H36ClN9O4/c1-3-18-7-9-19(10-8-18)14-39(16-38-11-12-41-15-22(38)28-34-17(2)37-43-28)24-23(20-5-4-6-21(30)13-20)35-27(36-25(24)31)26(32)42-29(33)40/h3-6,13,18-19,22,32H,1,7-12,14-16H2,2H3,(H2,33,40)(H2,31,35,36)/t18?,19?,22-/m0/s1. The van der Waals surface area contributed by atoms with Gasteiger partial charge in [-0.15, -0.1) is 6.58 Å². The summed E-state index contributed by atoms with van der Waals surface area (Å²) in [6.07, 6.45) is 5.10. The molecule has 1 atom stereocenters. The van der Waals surface area contributed by atoms with Gasteiger partial charge in [-0.2, -0.15) is 4.98 Å². The summed E-state index contributed by atoms with van der Waals surface area (Å²) in [5.74, 6) is 1.26. The van der Waals surface area contributed by atoms with Gasteiger partial charge >= 0.3 is 6.09 Å². The second-order valence-corrected chi connectivity index (χ2v) is 11.3. The summed E-state index contributed by atoms with van der Waals surface area (Å²) in [5, 5.41) is 12.7. The largest absolute Gasteiger partial charge is 0.411 e. The van der Waals surface area contributed by atoms with Gasteiger partial charge < -0.3 is 30.4 Å². The predicted octanol–water partition coefficient (Wildman–Crippen LogP) is 4.32. The van der Waals surface area contributed by atoms with E-state index in [2.05, 4.69) is 36.5 Å². The van der Waals surface area contributed by atoms with Crippen LogP contribution in [-0.2, 0) is 9.47 Å². The molecule has 1 aliphatic heterocycles. The highest BCUT2D eigenvalue weighted by atomic mass is 35.5. The molecule has 3 aromatic rings. The molecule has 1 aliphatic carbocycles. The molecule has 228 valence electrons. The Bertz CT molecular complexity index is 1470. The zero-order valence-electron chi connectivity index (χ0n) is 24.0. The molecule has 5 N–H and O–H groups in total. The minimum absolute atomic E-state index is 0.121. The number of rotatable bonds is 9. The number of anilines is 2. The molecular weight excluding hydrogens is 574 g/mol. The van der Waals surface area contributed by atoms with E-state index in [1.54, 1.807) is 19.1 Å². The third-order valence-electron chi connectivity index (χ3n) is 7.85. The molecule has 14 heteroatoms. The second-order valence-electron chi connectivity index (χ2n) is 10.9. The molecule has 0 radical (unpaired) electrons. The number of benzene rings is 1. The van der Waals surface area contributed by atoms with Crippen LogP contribution in [0.1, 0.15) is 49.3 Å². The molecule has 0 spiro atoms. The van der Waals surface area contributed by atoms with Crippen molar-refractivity contribution in [1.82, 2.24) is 25.0 Å². The van der Waals surface area contributed by atoms with Crippen LogP contribution in [0.15, 0.2) is 41.4 Å². The lowest BCUT2D eigenvalue weighted by Crippen LogP contribution is -2.48. The van der Waals surface area contributed by atoms with Crippen molar-refractivity contribution >= 4 is 35.1 Å². The first kappa shape index (κ1) is 30.4. The number of hydrogen-bond acceptors (Lipinski definition) is 12. The van der Waals surface area contributed by atoms with Crippen molar-refractivity contribution in [3.05, 3.63) is 59.5 Å². The number of nitrogens with one attached hydrogen (secondary N) is 1. The summed E-state index contributed by atoms with van der Waals surface area (Å²) in [7, 11) is 0. The van der Waals surface area contributed by atoms with Crippen molar-refractivity contribution in [3.63, 3.8) is 0 Å². The fraction of sp³-hybridized carbons (Fsp3) is 0.448. The van der Waals surface area contributed by atoms with E-state index in [0.717, 1.165) is 25.7 Å². The van der Waals surface area contributed by atoms with Crippen LogP contribution in [0.4, 0.5) is 16.3 Å². The molecular formula is C29H36ClN9O4. The number of aromatic nitrogens is 4. The van der Waals surface area contributed by atoms with Gasteiger partial charge in [0.25, 0.3) is 5.90 Å². The smallest absolute Gasteiger partial charge is 0.388 e. The lowest BCUT2D eigenvalue weighted by Gasteiger charge is -2.40. The molecule has 0 unspecified atom stereocenters. The Morgan fingerprint density at radius 3 is 2.74 bits per heavy atom. The first-order chi connectivity index (χ1) is 20.7. The van der Waals surface area contributed by atoms with Crippen molar-refractivity contribution in [1.29, 1.82) is 5.41 Å². The van der Waals surface area contributed by atoms with Crippen LogP contribution < -0.4 is 16.4 Å². The fourth-order valence-corrected chi connectivity index (χ4v) is 5.90. The van der Waals surface area contributed by atoms with Gasteiger partial charge in [-0.3, -0.25) is 10.3 Å². The normalized spacial score (nSPS) is 20.8. The average Bonchev–Trinajstić information content (AvgIpc) is 3.42. The zero-order chi connectivity index (χ0) is 30.5. The first-order valence-corrected chi connectivity index (χ1v) is 14.6. The molecule has 1 aromatic carbocycles. The number of carbonyl (C=O) groups excluding carboxylic acids is 1. The van der Waals surface area contributed by atoms with E-state index in [4.69, 9.17) is 42.5 Å². The van der Waals surface area contributed by atoms with E-state index < -0.39 is 12.0 Å². The Balaban J connectivity index is 1.58. The third kappa shape index (κ3) is 7.29. The van der Waals surface area contributed by atoms with Crippen LogP contribution >= 0.6 is 11.6 Å². The zero-order valence-corrected chi connectivity index (χ0v) is 24.8. The SMILES string of the molecule is C=CC1CCC(CN(CN2CCOC[C@H]2c2nc(C)no2)c2c(N)nc(C(=N)OC(N)=O)nc2-c2cccc(Cl)c2)CC1. The van der Waals surface area contributed by atoms with E-state index in [9.17, 15) is 4.79 Å². The molecule has 1 saturated heterocycles. The summed E-state index contributed by atoms with van der Waals surface area (Å²) < 4.78 is 16.1. The van der Waals surface area contributed by atoms with E-state index in [-0.39, 0.29) is 17.7 Å². The van der Waals surface area contributed by atoms with Crippen molar-refractivity contribution in [2.75, 3.05) is 43.6 Å². The number of carbonyl (C=O) groups is 1. The molecule has 2 aliphatic rings. The number of allylic oxidation sites excluding steroid dienone is 1. The maximum atomic E-state index is 11.4. The maximum Gasteiger partial charge on any atom is 0.411 e. The molecule has 13 nitrogen and oxygen atoms in total. The highest BCUT2D eigenvalue weighted by Gasteiger charge is 2.34. The number of nitrogens with zero attached hydrogens (tertiary/aromatic N) is 6. The first-order valence-electron chi connectivity index (χ1n) is 14.2. The summed E-state index contributed by atoms with van der Waals surface area (Å²) in [5.41, 5.74) is 13.5. The van der Waals surface area contributed by atoms with Crippen LogP contribution in [0.3, 0.4) is 0 Å². The van der Waals surface area contributed by atoms with Crippen molar-refractivity contribution in [2.24, 2.45) is 17.6 Å². The Kier molecular flexibility index (Phi) is 9.53.